The lowest BCUT2D eigenvalue weighted by Gasteiger charge is -2.34. The zero-order chi connectivity index (χ0) is 53.0. The second-order valence-corrected chi connectivity index (χ2v) is 24.1. The molecular formula is C52H64Cl6N8O7S2. The molecule has 4 amide bonds. The fourth-order valence-electron chi connectivity index (χ4n) is 9.74. The molecule has 0 radical (unpaired) electrons. The number of amides is 4. The molecule has 3 atom stereocenters. The molecule has 0 saturated heterocycles. The molecule has 0 saturated carbocycles. The smallest absolute Gasteiger partial charge is 0.314 e. The summed E-state index contributed by atoms with van der Waals surface area (Å²) in [5.74, 6) is 0.0157. The van der Waals surface area contributed by atoms with Crippen molar-refractivity contribution in [3.05, 3.63) is 123 Å². The van der Waals surface area contributed by atoms with Crippen molar-refractivity contribution in [3.63, 3.8) is 0 Å². The van der Waals surface area contributed by atoms with Crippen LogP contribution in [0.2, 0.25) is 30.1 Å². The third kappa shape index (κ3) is 16.0. The number of fused-ring (bicyclic) bond motifs is 4. The number of hydrogen-bond acceptors (Lipinski definition) is 11. The largest absolute Gasteiger partial charge is 0.378 e. The van der Waals surface area contributed by atoms with Gasteiger partial charge in [0, 0.05) is 125 Å². The minimum atomic E-state index is -1.35. The van der Waals surface area contributed by atoms with Crippen LogP contribution >= 0.6 is 81.6 Å². The van der Waals surface area contributed by atoms with E-state index in [0.29, 0.717) is 130 Å². The van der Waals surface area contributed by atoms with Crippen molar-refractivity contribution in [1.82, 2.24) is 39.7 Å². The molecule has 0 bridgehead atoms. The Labute approximate surface area is 476 Å². The molecule has 4 aromatic rings. The molecule has 4 aliphatic rings. The number of nitrogens with zero attached hydrogens (tertiary/aromatic N) is 4. The number of likely N-dealkylation sites (N-methyl/N-ethyl adjacent to an activating group) is 2. The fraction of sp³-hybridized carbons (Fsp3) is 0.500. The van der Waals surface area contributed by atoms with E-state index in [0.717, 1.165) is 88.1 Å². The molecule has 15 nitrogen and oxygen atoms in total. The second-order valence-electron chi connectivity index (χ2n) is 19.0. The van der Waals surface area contributed by atoms with Crippen molar-refractivity contribution in [2.24, 2.45) is 0 Å². The normalized spacial score (nSPS) is 18.6. The van der Waals surface area contributed by atoms with Crippen LogP contribution in [0.1, 0.15) is 69.2 Å². The highest BCUT2D eigenvalue weighted by atomic mass is 35.5. The van der Waals surface area contributed by atoms with E-state index in [1.807, 2.05) is 41.7 Å². The molecule has 23 heteroatoms. The third-order valence-corrected chi connectivity index (χ3v) is 17.8. The summed E-state index contributed by atoms with van der Waals surface area (Å²) in [5, 5.41) is 15.1. The number of benzene rings is 4. The van der Waals surface area contributed by atoms with Crippen LogP contribution in [-0.4, -0.2) is 154 Å². The number of carbonyl (C=O) groups is 2. The van der Waals surface area contributed by atoms with Crippen LogP contribution in [0.15, 0.2) is 58.3 Å². The number of unbranched alkanes of at least 4 members (excludes halogenated alkanes) is 1. The summed E-state index contributed by atoms with van der Waals surface area (Å²) in [6, 6.07) is 15.2. The van der Waals surface area contributed by atoms with Gasteiger partial charge in [-0.25, -0.2) is 22.4 Å². The van der Waals surface area contributed by atoms with Crippen LogP contribution in [0.5, 0.6) is 0 Å². The van der Waals surface area contributed by atoms with Crippen LogP contribution in [0.25, 0.3) is 0 Å². The number of urea groups is 2. The van der Waals surface area contributed by atoms with Gasteiger partial charge in [0.25, 0.3) is 0 Å². The van der Waals surface area contributed by atoms with E-state index in [1.165, 1.54) is 10.5 Å². The Balaban J connectivity index is 0.585. The van der Waals surface area contributed by atoms with Gasteiger partial charge in [0.15, 0.2) is 0 Å². The van der Waals surface area contributed by atoms with Gasteiger partial charge in [0.1, 0.15) is 11.0 Å². The minimum absolute atomic E-state index is 0.0566. The van der Waals surface area contributed by atoms with Crippen molar-refractivity contribution >= 4 is 105 Å². The molecule has 4 aliphatic heterocycles. The Morgan fingerprint density at radius 1 is 0.547 bits per heavy atom. The second kappa shape index (κ2) is 28.5. The summed E-state index contributed by atoms with van der Waals surface area (Å²) in [5.41, 5.74) is 8.46. The monoisotopic (exact) mass is 1190 g/mol. The van der Waals surface area contributed by atoms with E-state index in [9.17, 15) is 13.8 Å². The summed E-state index contributed by atoms with van der Waals surface area (Å²) in [6.45, 7) is 10.5. The standard InChI is InChI=1S/C52H64Cl6N8O7S2/c1-63-29-41(37-21-35(53)23-47(57)43(37)31-63)39-25-49-33(19-45(39)55)27-65(74-49)9-13-72-17-15-70-11-7-61-51(67)59-5-3-4-6-60-52(68)62-8-12-71-16-18-73-14-10-66-28-34-20-46(56)40(26-50(34)75(66)69)42-30-64(2)32-44-38(42)22-36(54)24-48(44)58/h19-26,41-42H,3-18,27-32H2,1-2H3,(H2,59,61,67)(H2,60,62,68). The van der Waals surface area contributed by atoms with Gasteiger partial charge in [-0.15, -0.1) is 0 Å². The molecule has 408 valence electrons. The van der Waals surface area contributed by atoms with Crippen LogP contribution in [0, 0.1) is 0 Å². The molecule has 0 fully saturated rings. The minimum Gasteiger partial charge on any atom is -0.378 e. The van der Waals surface area contributed by atoms with Crippen molar-refractivity contribution in [3.8, 4) is 0 Å². The van der Waals surface area contributed by atoms with Crippen molar-refractivity contribution < 1.29 is 32.7 Å². The maximum absolute atomic E-state index is 13.6. The number of ether oxygens (including phenoxy) is 4. The van der Waals surface area contributed by atoms with Crippen molar-refractivity contribution in [2.75, 3.05) is 119 Å². The van der Waals surface area contributed by atoms with E-state index in [2.05, 4.69) is 54.6 Å². The van der Waals surface area contributed by atoms with E-state index in [1.54, 1.807) is 18.0 Å². The highest BCUT2D eigenvalue weighted by molar-refractivity contribution is 7.97. The van der Waals surface area contributed by atoms with E-state index in [-0.39, 0.29) is 23.9 Å². The first-order valence-electron chi connectivity index (χ1n) is 25.1. The summed E-state index contributed by atoms with van der Waals surface area (Å²) in [6.07, 6.45) is 1.41. The Morgan fingerprint density at radius 3 is 1.57 bits per heavy atom. The van der Waals surface area contributed by atoms with E-state index < -0.39 is 11.0 Å². The summed E-state index contributed by atoms with van der Waals surface area (Å²) >= 11 is 41.5. The Morgan fingerprint density at radius 2 is 1.03 bits per heavy atom. The Hall–Kier alpha value is -2.66. The van der Waals surface area contributed by atoms with Gasteiger partial charge in [0.05, 0.1) is 57.8 Å². The summed E-state index contributed by atoms with van der Waals surface area (Å²) < 4.78 is 40.6. The quantitative estimate of drug-likeness (QED) is 0.0372. The van der Waals surface area contributed by atoms with Crippen LogP contribution in [0.3, 0.4) is 0 Å². The zero-order valence-electron chi connectivity index (χ0n) is 42.1. The lowest BCUT2D eigenvalue weighted by molar-refractivity contribution is 0.0462. The summed E-state index contributed by atoms with van der Waals surface area (Å²) in [7, 11) is 2.79. The Bertz CT molecular complexity index is 2680. The van der Waals surface area contributed by atoms with Gasteiger partial charge in [-0.05, 0) is 132 Å². The fourth-order valence-corrected chi connectivity index (χ4v) is 13.9. The molecule has 0 spiro atoms. The molecule has 4 heterocycles. The van der Waals surface area contributed by atoms with Gasteiger partial charge in [0.2, 0.25) is 0 Å². The predicted octanol–water partition coefficient (Wildman–Crippen LogP) is 9.57. The zero-order valence-corrected chi connectivity index (χ0v) is 48.2. The number of rotatable bonds is 25. The highest BCUT2D eigenvalue weighted by Crippen LogP contribution is 2.46. The molecule has 4 aromatic carbocycles. The van der Waals surface area contributed by atoms with Gasteiger partial charge >= 0.3 is 12.1 Å². The lowest BCUT2D eigenvalue weighted by atomic mass is 9.84. The third-order valence-electron chi connectivity index (χ3n) is 13.4. The number of halogens is 6. The van der Waals surface area contributed by atoms with Gasteiger partial charge < -0.3 is 50.0 Å². The SMILES string of the molecule is CN1Cc2c(Cl)cc(Cl)cc2C(c2cc3c(cc2Cl)CN(CCOCCOCCNC(=O)NCCCCNC(=O)NCCOCCOCCN2Cc4cc(Cl)c(C5CN(C)Cc6c(Cl)cc(Cl)cc65)cc4S2=O)S3)C1. The average Bonchev–Trinajstić information content (AvgIpc) is 3.91. The van der Waals surface area contributed by atoms with Crippen LogP contribution in [-0.2, 0) is 56.1 Å². The van der Waals surface area contributed by atoms with Gasteiger partial charge in [-0.3, -0.25) is 0 Å². The first-order chi connectivity index (χ1) is 36.2. The molecule has 4 N–H and O–H groups in total. The van der Waals surface area contributed by atoms with Crippen molar-refractivity contribution in [2.45, 2.75) is 60.6 Å². The predicted molar refractivity (Wildman–Crippen MR) is 301 cm³/mol. The van der Waals surface area contributed by atoms with Crippen LogP contribution in [0.4, 0.5) is 9.59 Å². The topological polar surface area (TPSA) is 149 Å². The van der Waals surface area contributed by atoms with Crippen molar-refractivity contribution in [1.29, 1.82) is 0 Å². The maximum atomic E-state index is 13.6. The lowest BCUT2D eigenvalue weighted by Crippen LogP contribution is -2.39. The molecule has 8 rings (SSSR count). The first kappa shape index (κ1) is 58.5. The van der Waals surface area contributed by atoms with Gasteiger partial charge in [-0.2, -0.15) is 0 Å². The average molecular weight is 1190 g/mol. The maximum Gasteiger partial charge on any atom is 0.314 e. The summed E-state index contributed by atoms with van der Waals surface area (Å²) in [4.78, 5) is 30.8. The van der Waals surface area contributed by atoms with Gasteiger partial charge in [-0.1, -0.05) is 69.6 Å². The van der Waals surface area contributed by atoms with E-state index in [4.69, 9.17) is 88.6 Å². The molecule has 3 unspecified atom stereocenters. The number of hydrogen-bond donors (Lipinski definition) is 4. The number of carbonyl (C=O) groups excluding carboxylic acids is 2. The molecular weight excluding hydrogens is 1130 g/mol. The first-order valence-corrected chi connectivity index (χ1v) is 29.3. The molecule has 0 aromatic heterocycles. The van der Waals surface area contributed by atoms with Crippen LogP contribution < -0.4 is 21.3 Å². The number of nitrogens with one attached hydrogen (secondary N) is 4. The molecule has 0 aliphatic carbocycles. The molecule has 75 heavy (non-hydrogen) atoms. The highest BCUT2D eigenvalue weighted by Gasteiger charge is 2.34. The van der Waals surface area contributed by atoms with E-state index >= 15 is 0 Å². The Kier molecular flexibility index (Phi) is 22.2.